The highest BCUT2D eigenvalue weighted by atomic mass is 16.4. The van der Waals surface area contributed by atoms with Crippen LogP contribution in [0.5, 0.6) is 0 Å². The molecular formula is C10H7N5O2. The monoisotopic (exact) mass is 229 g/mol. The fraction of sp³-hybridized carbons (Fsp3) is 0.100. The summed E-state index contributed by atoms with van der Waals surface area (Å²) in [4.78, 5) is 18.6. The van der Waals surface area contributed by atoms with Crippen LogP contribution in [0.25, 0.3) is 5.82 Å². The van der Waals surface area contributed by atoms with Gasteiger partial charge >= 0.3 is 5.97 Å². The van der Waals surface area contributed by atoms with Gasteiger partial charge in [-0.1, -0.05) is 0 Å². The Hall–Kier alpha value is -2.75. The Labute approximate surface area is 96.0 Å². The van der Waals surface area contributed by atoms with Gasteiger partial charge in [-0.2, -0.15) is 5.26 Å². The van der Waals surface area contributed by atoms with Crippen molar-refractivity contribution in [1.82, 2.24) is 19.7 Å². The van der Waals surface area contributed by atoms with E-state index in [4.69, 9.17) is 10.4 Å². The van der Waals surface area contributed by atoms with E-state index in [0.717, 1.165) is 0 Å². The number of carboxylic acids is 1. The number of hydrogen-bond acceptors (Lipinski definition) is 5. The summed E-state index contributed by atoms with van der Waals surface area (Å²) >= 11 is 0. The molecule has 0 fully saturated rings. The molecule has 0 bridgehead atoms. The van der Waals surface area contributed by atoms with E-state index < -0.39 is 5.97 Å². The number of aromatic nitrogens is 4. The Morgan fingerprint density at radius 3 is 2.82 bits per heavy atom. The minimum Gasteiger partial charge on any atom is -0.478 e. The second-order valence-electron chi connectivity index (χ2n) is 3.23. The van der Waals surface area contributed by atoms with Crippen molar-refractivity contribution in [1.29, 1.82) is 5.26 Å². The molecule has 2 aromatic heterocycles. The zero-order valence-corrected chi connectivity index (χ0v) is 8.82. The van der Waals surface area contributed by atoms with Crippen LogP contribution < -0.4 is 0 Å². The molecule has 0 amide bonds. The van der Waals surface area contributed by atoms with Gasteiger partial charge in [0.2, 0.25) is 0 Å². The van der Waals surface area contributed by atoms with E-state index >= 15 is 0 Å². The van der Waals surface area contributed by atoms with Crippen LogP contribution in [0.4, 0.5) is 0 Å². The van der Waals surface area contributed by atoms with E-state index in [1.165, 1.54) is 23.1 Å². The van der Waals surface area contributed by atoms with E-state index in [9.17, 15) is 4.79 Å². The van der Waals surface area contributed by atoms with Gasteiger partial charge in [0.05, 0.1) is 11.3 Å². The summed E-state index contributed by atoms with van der Waals surface area (Å²) in [5.74, 6) is -0.578. The third-order valence-electron chi connectivity index (χ3n) is 2.13. The number of aromatic carboxylic acids is 1. The Morgan fingerprint density at radius 2 is 2.29 bits per heavy atom. The number of nitrogens with zero attached hydrogens (tertiary/aromatic N) is 5. The number of pyridine rings is 1. The third-order valence-corrected chi connectivity index (χ3v) is 2.13. The molecular weight excluding hydrogens is 222 g/mol. The molecule has 0 aliphatic heterocycles. The van der Waals surface area contributed by atoms with Crippen molar-refractivity contribution in [2.75, 3.05) is 0 Å². The number of rotatable bonds is 2. The van der Waals surface area contributed by atoms with E-state index in [2.05, 4.69) is 15.1 Å². The highest BCUT2D eigenvalue weighted by molar-refractivity contribution is 5.88. The molecule has 0 saturated carbocycles. The zero-order chi connectivity index (χ0) is 12.4. The summed E-state index contributed by atoms with van der Waals surface area (Å²) in [5.41, 5.74) is 0.512. The highest BCUT2D eigenvalue weighted by Crippen LogP contribution is 2.09. The van der Waals surface area contributed by atoms with Crippen molar-refractivity contribution in [3.05, 3.63) is 35.5 Å². The van der Waals surface area contributed by atoms with Crippen LogP contribution in [0.1, 0.15) is 21.9 Å². The molecule has 0 aromatic carbocycles. The Bertz CT molecular complexity index is 626. The third kappa shape index (κ3) is 1.96. The average molecular weight is 229 g/mol. The molecule has 0 aliphatic carbocycles. The Morgan fingerprint density at radius 1 is 1.53 bits per heavy atom. The van der Waals surface area contributed by atoms with Crippen molar-refractivity contribution in [3.63, 3.8) is 0 Å². The minimum atomic E-state index is -1.03. The van der Waals surface area contributed by atoms with Crippen LogP contribution in [0.3, 0.4) is 0 Å². The van der Waals surface area contributed by atoms with Gasteiger partial charge < -0.3 is 5.11 Å². The SMILES string of the molecule is Cc1nc(-n2cnc(C#N)n2)ccc1C(=O)O. The fourth-order valence-corrected chi connectivity index (χ4v) is 1.33. The molecule has 2 rings (SSSR count). The van der Waals surface area contributed by atoms with Crippen LogP contribution >= 0.6 is 0 Å². The van der Waals surface area contributed by atoms with Gasteiger partial charge in [-0.05, 0) is 19.1 Å². The summed E-state index contributed by atoms with van der Waals surface area (Å²) in [6, 6.07) is 4.74. The topological polar surface area (TPSA) is 105 Å². The van der Waals surface area contributed by atoms with Crippen molar-refractivity contribution in [3.8, 4) is 11.9 Å². The van der Waals surface area contributed by atoms with Crippen LogP contribution in [-0.4, -0.2) is 30.8 Å². The van der Waals surface area contributed by atoms with E-state index in [1.54, 1.807) is 13.0 Å². The molecule has 0 aliphatic rings. The van der Waals surface area contributed by atoms with Gasteiger partial charge in [0, 0.05) is 0 Å². The largest absolute Gasteiger partial charge is 0.478 e. The van der Waals surface area contributed by atoms with Gasteiger partial charge in [0.25, 0.3) is 5.82 Å². The summed E-state index contributed by atoms with van der Waals surface area (Å²) in [6.45, 7) is 1.59. The second kappa shape index (κ2) is 4.02. The van der Waals surface area contributed by atoms with E-state index in [-0.39, 0.29) is 11.4 Å². The smallest absolute Gasteiger partial charge is 0.337 e. The molecule has 0 saturated heterocycles. The average Bonchev–Trinajstić information content (AvgIpc) is 2.76. The predicted octanol–water partition coefficient (Wildman–Crippen LogP) is 0.541. The standard InChI is InChI=1S/C10H7N5O2/c1-6-7(10(16)17)2-3-9(13-6)15-5-12-8(4-11)14-15/h2-3,5H,1H3,(H,16,17). The zero-order valence-electron chi connectivity index (χ0n) is 8.82. The molecule has 2 heterocycles. The van der Waals surface area contributed by atoms with Gasteiger partial charge in [0.1, 0.15) is 12.4 Å². The molecule has 7 nitrogen and oxygen atoms in total. The molecule has 0 unspecified atom stereocenters. The molecule has 2 aromatic rings. The first-order valence-electron chi connectivity index (χ1n) is 4.65. The van der Waals surface area contributed by atoms with Gasteiger partial charge in [-0.3, -0.25) is 0 Å². The highest BCUT2D eigenvalue weighted by Gasteiger charge is 2.10. The fourth-order valence-electron chi connectivity index (χ4n) is 1.33. The number of aryl methyl sites for hydroxylation is 1. The number of carboxylic acid groups (broad SMARTS) is 1. The van der Waals surface area contributed by atoms with E-state index in [1.807, 2.05) is 0 Å². The predicted molar refractivity (Wildman–Crippen MR) is 55.6 cm³/mol. The van der Waals surface area contributed by atoms with Gasteiger partial charge in [-0.25, -0.2) is 19.4 Å². The van der Waals surface area contributed by atoms with Crippen molar-refractivity contribution in [2.45, 2.75) is 6.92 Å². The first-order valence-corrected chi connectivity index (χ1v) is 4.65. The van der Waals surface area contributed by atoms with Crippen LogP contribution in [-0.2, 0) is 0 Å². The van der Waals surface area contributed by atoms with Crippen LogP contribution in [0.2, 0.25) is 0 Å². The van der Waals surface area contributed by atoms with Crippen molar-refractivity contribution in [2.24, 2.45) is 0 Å². The summed E-state index contributed by atoms with van der Waals surface area (Å²) in [6.07, 6.45) is 1.35. The maximum atomic E-state index is 10.8. The van der Waals surface area contributed by atoms with Gasteiger partial charge in [-0.15, -0.1) is 5.10 Å². The molecule has 0 atom stereocenters. The van der Waals surface area contributed by atoms with Gasteiger partial charge in [0.15, 0.2) is 5.82 Å². The lowest BCUT2D eigenvalue weighted by atomic mass is 10.2. The quantitative estimate of drug-likeness (QED) is 0.805. The minimum absolute atomic E-state index is 0.0340. The molecule has 1 N–H and O–H groups in total. The lowest BCUT2D eigenvalue weighted by Gasteiger charge is -2.03. The number of nitriles is 1. The number of hydrogen-bond donors (Lipinski definition) is 1. The van der Waals surface area contributed by atoms with E-state index in [0.29, 0.717) is 11.5 Å². The van der Waals surface area contributed by atoms with Crippen molar-refractivity contribution >= 4 is 5.97 Å². The van der Waals surface area contributed by atoms with Crippen LogP contribution in [0.15, 0.2) is 18.5 Å². The van der Waals surface area contributed by atoms with Crippen molar-refractivity contribution < 1.29 is 9.90 Å². The summed E-state index contributed by atoms with van der Waals surface area (Å²) in [5, 5.41) is 21.3. The molecule has 0 spiro atoms. The number of carbonyl (C=O) groups is 1. The first kappa shape index (κ1) is 10.8. The maximum absolute atomic E-state index is 10.8. The molecule has 84 valence electrons. The maximum Gasteiger partial charge on any atom is 0.337 e. The molecule has 7 heteroatoms. The first-order chi connectivity index (χ1) is 8.11. The second-order valence-corrected chi connectivity index (χ2v) is 3.23. The summed E-state index contributed by atoms with van der Waals surface area (Å²) < 4.78 is 1.32. The Balaban J connectivity index is 2.45. The van der Waals surface area contributed by atoms with Crippen LogP contribution in [0, 0.1) is 18.3 Å². The normalized spacial score (nSPS) is 9.88. The lowest BCUT2D eigenvalue weighted by molar-refractivity contribution is 0.0695. The Kier molecular flexibility index (Phi) is 2.54. The summed E-state index contributed by atoms with van der Waals surface area (Å²) in [7, 11) is 0. The lowest BCUT2D eigenvalue weighted by Crippen LogP contribution is -2.05. The molecule has 0 radical (unpaired) electrons. The molecule has 17 heavy (non-hydrogen) atoms.